The maximum Gasteiger partial charge on any atom is 0.413 e. The topological polar surface area (TPSA) is 159 Å². The summed E-state index contributed by atoms with van der Waals surface area (Å²) >= 11 is 0. The molecule has 1 unspecified atom stereocenters. The number of amides is 5. The van der Waals surface area contributed by atoms with Crippen molar-refractivity contribution >= 4 is 30.3 Å². The Kier molecular flexibility index (Phi) is 17.8. The van der Waals surface area contributed by atoms with Gasteiger partial charge in [0.15, 0.2) is 0 Å². The van der Waals surface area contributed by atoms with Crippen molar-refractivity contribution in [3.63, 3.8) is 0 Å². The van der Waals surface area contributed by atoms with Gasteiger partial charge in [0.2, 0.25) is 5.91 Å². The molecule has 1 aromatic carbocycles. The van der Waals surface area contributed by atoms with Crippen molar-refractivity contribution < 1.29 is 42.9 Å². The van der Waals surface area contributed by atoms with Gasteiger partial charge in [-0.05, 0) is 99.8 Å². The Morgan fingerprint density at radius 3 is 1.44 bits per heavy atom. The van der Waals surface area contributed by atoms with E-state index in [0.29, 0.717) is 57.9 Å². The lowest BCUT2D eigenvalue weighted by Crippen LogP contribution is -2.51. The summed E-state index contributed by atoms with van der Waals surface area (Å²) in [5.74, 6) is 0.196. The van der Waals surface area contributed by atoms with E-state index < -0.39 is 47.2 Å². The second-order valence-corrected chi connectivity index (χ2v) is 16.9. The Morgan fingerprint density at radius 1 is 0.648 bits per heavy atom. The van der Waals surface area contributed by atoms with Crippen LogP contribution >= 0.6 is 0 Å². The Balaban J connectivity index is 2.20. The zero-order valence-corrected chi connectivity index (χ0v) is 34.5. The SMILES string of the molecule is CC(C)CC(NC(=O)Oc1ccccc1)C(=O)NCCCN1CCN(C(=O)OC(C)(C)C)CCN(C(=O)OC(C)(C)C)CCN(C(=O)OC(C)(C)C)CC1. The summed E-state index contributed by atoms with van der Waals surface area (Å²) in [4.78, 5) is 72.6. The van der Waals surface area contributed by atoms with E-state index >= 15 is 0 Å². The minimum absolute atomic E-state index is 0.136. The number of rotatable bonds is 9. The third-order valence-corrected chi connectivity index (χ3v) is 7.83. The van der Waals surface area contributed by atoms with Gasteiger partial charge in [0.1, 0.15) is 28.6 Å². The fourth-order valence-corrected chi connectivity index (χ4v) is 5.31. The van der Waals surface area contributed by atoms with Crippen molar-refractivity contribution in [2.45, 2.75) is 112 Å². The Labute approximate surface area is 322 Å². The molecule has 0 saturated carbocycles. The van der Waals surface area contributed by atoms with Gasteiger partial charge in [0.05, 0.1) is 0 Å². The molecule has 2 N–H and O–H groups in total. The molecule has 0 bridgehead atoms. The van der Waals surface area contributed by atoms with Gasteiger partial charge in [-0.15, -0.1) is 0 Å². The number of nitrogens with zero attached hydrogens (tertiary/aromatic N) is 4. The van der Waals surface area contributed by atoms with Crippen LogP contribution in [0, 0.1) is 5.92 Å². The molecule has 0 radical (unpaired) electrons. The first-order chi connectivity index (χ1) is 25.0. The van der Waals surface area contributed by atoms with Crippen LogP contribution in [-0.4, -0.2) is 138 Å². The Hall–Kier alpha value is -4.27. The van der Waals surface area contributed by atoms with Crippen molar-refractivity contribution in [1.29, 1.82) is 0 Å². The maximum atomic E-state index is 13.4. The minimum atomic E-state index is -0.784. The van der Waals surface area contributed by atoms with Gasteiger partial charge in [-0.25, -0.2) is 19.2 Å². The fourth-order valence-electron chi connectivity index (χ4n) is 5.31. The summed E-state index contributed by atoms with van der Waals surface area (Å²) in [6.45, 7) is 23.1. The second kappa shape index (κ2) is 21.0. The first-order valence-corrected chi connectivity index (χ1v) is 19.0. The third kappa shape index (κ3) is 19.2. The van der Waals surface area contributed by atoms with Crippen LogP contribution in [-0.2, 0) is 19.0 Å². The molecule has 0 aromatic heterocycles. The third-order valence-electron chi connectivity index (χ3n) is 7.83. The number of carbonyl (C=O) groups is 5. The van der Waals surface area contributed by atoms with Crippen molar-refractivity contribution in [3.8, 4) is 5.75 Å². The average molecular weight is 763 g/mol. The van der Waals surface area contributed by atoms with E-state index in [2.05, 4.69) is 15.5 Å². The molecule has 15 nitrogen and oxygen atoms in total. The predicted molar refractivity (Wildman–Crippen MR) is 206 cm³/mol. The summed E-state index contributed by atoms with van der Waals surface area (Å²) in [7, 11) is 0. The van der Waals surface area contributed by atoms with Crippen molar-refractivity contribution in [2.24, 2.45) is 5.92 Å². The molecular formula is C39H66N6O9. The van der Waals surface area contributed by atoms with Gasteiger partial charge >= 0.3 is 24.4 Å². The van der Waals surface area contributed by atoms with E-state index in [1.807, 2.05) is 19.9 Å². The van der Waals surface area contributed by atoms with Crippen LogP contribution in [0.3, 0.4) is 0 Å². The summed E-state index contributed by atoms with van der Waals surface area (Å²) in [6.07, 6.45) is -1.27. The highest BCUT2D eigenvalue weighted by Gasteiger charge is 2.30. The Bertz CT molecular complexity index is 1310. The summed E-state index contributed by atoms with van der Waals surface area (Å²) in [5.41, 5.74) is -2.19. The van der Waals surface area contributed by atoms with E-state index in [1.54, 1.807) is 96.4 Å². The van der Waals surface area contributed by atoms with E-state index in [9.17, 15) is 24.0 Å². The number of ether oxygens (including phenoxy) is 4. The van der Waals surface area contributed by atoms with Gasteiger partial charge in [-0.3, -0.25) is 9.69 Å². The maximum absolute atomic E-state index is 13.4. The molecule has 1 aromatic rings. The molecule has 0 spiro atoms. The number of hydrogen-bond donors (Lipinski definition) is 2. The molecule has 54 heavy (non-hydrogen) atoms. The molecule has 1 saturated heterocycles. The molecule has 1 fully saturated rings. The van der Waals surface area contributed by atoms with Gasteiger partial charge in [0, 0.05) is 58.9 Å². The predicted octanol–water partition coefficient (Wildman–Crippen LogP) is 5.72. The lowest BCUT2D eigenvalue weighted by atomic mass is 10.0. The molecule has 5 amide bonds. The number of para-hydroxylation sites is 1. The number of hydrogen-bond acceptors (Lipinski definition) is 10. The van der Waals surface area contributed by atoms with Crippen LogP contribution in [0.2, 0.25) is 0 Å². The van der Waals surface area contributed by atoms with Gasteiger partial charge < -0.3 is 44.3 Å². The highest BCUT2D eigenvalue weighted by atomic mass is 16.6. The van der Waals surface area contributed by atoms with Crippen molar-refractivity contribution in [1.82, 2.24) is 30.2 Å². The van der Waals surface area contributed by atoms with Crippen LogP contribution in [0.4, 0.5) is 19.2 Å². The zero-order chi connectivity index (χ0) is 40.7. The number of benzene rings is 1. The first kappa shape index (κ1) is 45.9. The lowest BCUT2D eigenvalue weighted by Gasteiger charge is -2.35. The molecule has 0 aliphatic carbocycles. The largest absolute Gasteiger partial charge is 0.444 e. The first-order valence-electron chi connectivity index (χ1n) is 19.0. The molecule has 2 rings (SSSR count). The normalized spacial score (nSPS) is 16.0. The van der Waals surface area contributed by atoms with Gasteiger partial charge in [0.25, 0.3) is 0 Å². The smallest absolute Gasteiger partial charge is 0.413 e. The minimum Gasteiger partial charge on any atom is -0.444 e. The van der Waals surface area contributed by atoms with E-state index in [-0.39, 0.29) is 38.0 Å². The lowest BCUT2D eigenvalue weighted by molar-refractivity contribution is -0.123. The van der Waals surface area contributed by atoms with Crippen molar-refractivity contribution in [3.05, 3.63) is 30.3 Å². The molecular weight excluding hydrogens is 696 g/mol. The van der Waals surface area contributed by atoms with E-state index in [0.717, 1.165) is 0 Å². The summed E-state index contributed by atoms with van der Waals surface area (Å²) in [6, 6.07) is 7.86. The van der Waals surface area contributed by atoms with Crippen LogP contribution in [0.25, 0.3) is 0 Å². The highest BCUT2D eigenvalue weighted by Crippen LogP contribution is 2.16. The van der Waals surface area contributed by atoms with E-state index in [4.69, 9.17) is 18.9 Å². The van der Waals surface area contributed by atoms with Crippen LogP contribution < -0.4 is 15.4 Å². The number of nitrogens with one attached hydrogen (secondary N) is 2. The quantitative estimate of drug-likeness (QED) is 0.235. The summed E-state index contributed by atoms with van der Waals surface area (Å²) in [5, 5.41) is 5.64. The fraction of sp³-hybridized carbons (Fsp3) is 0.718. The van der Waals surface area contributed by atoms with Crippen LogP contribution in [0.15, 0.2) is 30.3 Å². The molecule has 1 heterocycles. The van der Waals surface area contributed by atoms with Crippen LogP contribution in [0.1, 0.15) is 89.0 Å². The Morgan fingerprint density at radius 2 is 1.06 bits per heavy atom. The van der Waals surface area contributed by atoms with E-state index in [1.165, 1.54) is 4.90 Å². The van der Waals surface area contributed by atoms with Gasteiger partial charge in [-0.1, -0.05) is 32.0 Å². The monoisotopic (exact) mass is 762 g/mol. The number of carbonyl (C=O) groups excluding carboxylic acids is 5. The van der Waals surface area contributed by atoms with Crippen LogP contribution in [0.5, 0.6) is 5.75 Å². The molecule has 306 valence electrons. The molecule has 1 aliphatic rings. The average Bonchev–Trinajstić information content (AvgIpc) is 3.01. The molecule has 1 atom stereocenters. The second-order valence-electron chi connectivity index (χ2n) is 16.9. The standard InChI is InChI=1S/C39H66N6O9/c1-29(2)28-31(41-33(47)51-30-16-13-12-14-17-30)32(46)40-18-15-19-42-20-22-43(34(48)52-37(3,4)5)24-26-45(36(50)54-39(9,10)11)27-25-44(23-21-42)35(49)53-38(6,7)8/h12-14,16-17,29,31H,15,18-28H2,1-11H3,(H,40,46)(H,41,47). The molecule has 15 heteroatoms. The van der Waals surface area contributed by atoms with Gasteiger partial charge in [-0.2, -0.15) is 0 Å². The molecule has 1 aliphatic heterocycles. The zero-order valence-electron chi connectivity index (χ0n) is 34.5. The van der Waals surface area contributed by atoms with Crippen molar-refractivity contribution in [2.75, 3.05) is 65.4 Å². The highest BCUT2D eigenvalue weighted by molar-refractivity contribution is 5.86. The summed E-state index contributed by atoms with van der Waals surface area (Å²) < 4.78 is 22.5.